The molecule has 9 heteroatoms. The van der Waals surface area contributed by atoms with Crippen LogP contribution in [-0.2, 0) is 4.79 Å². The Kier molecular flexibility index (Phi) is 6.00. The summed E-state index contributed by atoms with van der Waals surface area (Å²) in [7, 11) is 1.36. The van der Waals surface area contributed by atoms with E-state index in [0.29, 0.717) is 5.16 Å². The lowest BCUT2D eigenvalue weighted by Gasteiger charge is -2.11. The molecule has 0 saturated heterocycles. The average Bonchev–Trinajstić information content (AvgIpc) is 2.59. The third-order valence-corrected chi connectivity index (χ3v) is 4.48. The number of carbonyl (C=O) groups is 1. The number of amides is 1. The molecule has 0 spiro atoms. The number of primary amides is 1. The van der Waals surface area contributed by atoms with Crippen LogP contribution >= 0.6 is 23.5 Å². The van der Waals surface area contributed by atoms with E-state index in [4.69, 9.17) is 10.5 Å². The van der Waals surface area contributed by atoms with Crippen molar-refractivity contribution in [2.75, 3.05) is 19.1 Å². The minimum atomic E-state index is -0.617. The summed E-state index contributed by atoms with van der Waals surface area (Å²) >= 11 is 2.26. The van der Waals surface area contributed by atoms with Crippen molar-refractivity contribution in [1.82, 2.24) is 9.97 Å². The Hall–Kier alpha value is -2.31. The van der Waals surface area contributed by atoms with E-state index in [1.165, 1.54) is 31.0 Å². The number of hydrogen-bond donors (Lipinski definition) is 1. The maximum absolute atomic E-state index is 14.6. The Morgan fingerprint density at radius 1 is 1.46 bits per heavy atom. The van der Waals surface area contributed by atoms with Crippen molar-refractivity contribution < 1.29 is 13.9 Å². The maximum atomic E-state index is 14.6. The summed E-state index contributed by atoms with van der Waals surface area (Å²) in [5.74, 6) is -1.15. The third kappa shape index (κ3) is 3.77. The zero-order chi connectivity index (χ0) is 17.7. The largest absolute Gasteiger partial charge is 0.494 e. The molecule has 1 heterocycles. The number of methoxy groups -OCH3 is 1. The second-order valence-electron chi connectivity index (χ2n) is 4.43. The van der Waals surface area contributed by atoms with E-state index in [9.17, 15) is 14.4 Å². The lowest BCUT2D eigenvalue weighted by molar-refractivity contribution is -0.115. The van der Waals surface area contributed by atoms with Gasteiger partial charge in [0.25, 0.3) is 0 Å². The van der Waals surface area contributed by atoms with Gasteiger partial charge in [0.15, 0.2) is 16.7 Å². The summed E-state index contributed by atoms with van der Waals surface area (Å²) in [6, 6.07) is 6.58. The van der Waals surface area contributed by atoms with E-state index < -0.39 is 11.7 Å². The number of nitrogens with two attached hydrogens (primary N) is 1. The van der Waals surface area contributed by atoms with E-state index in [0.717, 1.165) is 11.8 Å². The highest BCUT2D eigenvalue weighted by atomic mass is 32.2. The molecule has 0 radical (unpaired) electrons. The van der Waals surface area contributed by atoms with Crippen LogP contribution in [0.2, 0.25) is 0 Å². The molecule has 2 N–H and O–H groups in total. The van der Waals surface area contributed by atoms with Crippen LogP contribution in [0, 0.1) is 17.1 Å². The number of carbonyl (C=O) groups excluding carboxylic acids is 1. The molecule has 1 amide bonds. The van der Waals surface area contributed by atoms with Gasteiger partial charge in [-0.1, -0.05) is 29.6 Å². The predicted octanol–water partition coefficient (Wildman–Crippen LogP) is 2.46. The summed E-state index contributed by atoms with van der Waals surface area (Å²) < 4.78 is 19.5. The topological polar surface area (TPSA) is 102 Å². The van der Waals surface area contributed by atoms with Crippen LogP contribution in [-0.4, -0.2) is 35.0 Å². The summed E-state index contributed by atoms with van der Waals surface area (Å²) in [4.78, 5) is 19.5. The number of aromatic nitrogens is 2. The summed E-state index contributed by atoms with van der Waals surface area (Å²) in [6.45, 7) is 0. The molecule has 2 aromatic rings. The fraction of sp³-hybridized carbons (Fsp3) is 0.200. The van der Waals surface area contributed by atoms with Gasteiger partial charge in [-0.3, -0.25) is 4.79 Å². The van der Waals surface area contributed by atoms with Gasteiger partial charge < -0.3 is 10.5 Å². The fourth-order valence-electron chi connectivity index (χ4n) is 1.90. The van der Waals surface area contributed by atoms with Crippen molar-refractivity contribution >= 4 is 29.4 Å². The third-order valence-electron chi connectivity index (χ3n) is 2.94. The van der Waals surface area contributed by atoms with Crippen LogP contribution in [0.25, 0.3) is 11.3 Å². The molecular weight excluding hydrogens is 351 g/mol. The minimum absolute atomic E-state index is 0.0421. The second-order valence-corrected chi connectivity index (χ2v) is 6.17. The number of nitriles is 1. The molecule has 0 unspecified atom stereocenters. The minimum Gasteiger partial charge on any atom is -0.494 e. The normalized spacial score (nSPS) is 10.2. The fourth-order valence-corrected chi connectivity index (χ4v) is 3.04. The molecule has 24 heavy (non-hydrogen) atoms. The van der Waals surface area contributed by atoms with Crippen LogP contribution in [0.4, 0.5) is 4.39 Å². The monoisotopic (exact) mass is 364 g/mol. The lowest BCUT2D eigenvalue weighted by atomic mass is 10.1. The van der Waals surface area contributed by atoms with Gasteiger partial charge in [0.05, 0.1) is 18.6 Å². The van der Waals surface area contributed by atoms with E-state index in [2.05, 4.69) is 9.97 Å². The Labute approximate surface area is 146 Å². The van der Waals surface area contributed by atoms with Crippen LogP contribution < -0.4 is 10.5 Å². The van der Waals surface area contributed by atoms with Gasteiger partial charge >= 0.3 is 0 Å². The predicted molar refractivity (Wildman–Crippen MR) is 90.4 cm³/mol. The zero-order valence-corrected chi connectivity index (χ0v) is 14.5. The van der Waals surface area contributed by atoms with E-state index in [1.54, 1.807) is 12.3 Å². The molecule has 6 nitrogen and oxygen atoms in total. The van der Waals surface area contributed by atoms with Crippen molar-refractivity contribution in [3.8, 4) is 23.1 Å². The van der Waals surface area contributed by atoms with Crippen LogP contribution in [0.3, 0.4) is 0 Å². The number of nitrogens with zero attached hydrogens (tertiary/aromatic N) is 3. The molecule has 2 rings (SSSR count). The SMILES string of the molecule is COc1cccc(-c2nc(SC)nc(SCC(N)=O)c2C#N)c1F. The molecule has 0 bridgehead atoms. The number of halogens is 1. The van der Waals surface area contributed by atoms with E-state index >= 15 is 0 Å². The molecule has 1 aromatic heterocycles. The first-order chi connectivity index (χ1) is 11.5. The Bertz CT molecular complexity index is 824. The molecule has 0 aliphatic heterocycles. The number of rotatable bonds is 6. The summed E-state index contributed by atoms with van der Waals surface area (Å²) in [5.41, 5.74) is 5.52. The van der Waals surface area contributed by atoms with Gasteiger partial charge in [0.1, 0.15) is 16.7 Å². The van der Waals surface area contributed by atoms with E-state index in [1.807, 2.05) is 6.07 Å². The van der Waals surface area contributed by atoms with Crippen molar-refractivity contribution in [2.24, 2.45) is 5.73 Å². The quantitative estimate of drug-likeness (QED) is 0.477. The highest BCUT2D eigenvalue weighted by Crippen LogP contribution is 2.34. The zero-order valence-electron chi connectivity index (χ0n) is 12.9. The highest BCUT2D eigenvalue weighted by Gasteiger charge is 2.21. The molecule has 124 valence electrons. The summed E-state index contributed by atoms with van der Waals surface area (Å²) in [5, 5.41) is 10.1. The maximum Gasteiger partial charge on any atom is 0.227 e. The second kappa shape index (κ2) is 7.99. The first kappa shape index (κ1) is 18.0. The number of benzene rings is 1. The molecule has 0 saturated carbocycles. The van der Waals surface area contributed by atoms with E-state index in [-0.39, 0.29) is 33.3 Å². The van der Waals surface area contributed by atoms with Crippen LogP contribution in [0.1, 0.15) is 5.56 Å². The average molecular weight is 364 g/mol. The Morgan fingerprint density at radius 3 is 2.79 bits per heavy atom. The highest BCUT2D eigenvalue weighted by molar-refractivity contribution is 8.00. The van der Waals surface area contributed by atoms with Gasteiger partial charge in [-0.15, -0.1) is 0 Å². The van der Waals surface area contributed by atoms with Crippen LogP contribution in [0.5, 0.6) is 5.75 Å². The number of hydrogen-bond acceptors (Lipinski definition) is 7. The molecule has 0 aliphatic rings. The van der Waals surface area contributed by atoms with Gasteiger partial charge in [0.2, 0.25) is 5.91 Å². The molecular formula is C15H13FN4O2S2. The standard InChI is InChI=1S/C15H13FN4O2S2/c1-22-10-5-3-4-8(12(10)16)13-9(6-17)14(24-7-11(18)21)20-15(19-13)23-2/h3-5H,7H2,1-2H3,(H2,18,21). The first-order valence-corrected chi connectivity index (χ1v) is 8.83. The van der Waals surface area contributed by atoms with Gasteiger partial charge in [-0.05, 0) is 18.4 Å². The first-order valence-electron chi connectivity index (χ1n) is 6.61. The van der Waals surface area contributed by atoms with Gasteiger partial charge in [-0.25, -0.2) is 14.4 Å². The molecule has 0 aliphatic carbocycles. The lowest BCUT2D eigenvalue weighted by Crippen LogP contribution is -2.13. The van der Waals surface area contributed by atoms with Gasteiger partial charge in [-0.2, -0.15) is 5.26 Å². The molecule has 0 atom stereocenters. The van der Waals surface area contributed by atoms with Crippen LogP contribution in [0.15, 0.2) is 28.4 Å². The molecule has 0 fully saturated rings. The molecule has 1 aromatic carbocycles. The number of thioether (sulfide) groups is 2. The Balaban J connectivity index is 2.67. The van der Waals surface area contributed by atoms with Gasteiger partial charge in [0, 0.05) is 5.56 Å². The summed E-state index contributed by atoms with van der Waals surface area (Å²) in [6.07, 6.45) is 1.76. The Morgan fingerprint density at radius 2 is 2.21 bits per heavy atom. The number of ether oxygens (including phenoxy) is 1. The van der Waals surface area contributed by atoms with Crippen molar-refractivity contribution in [2.45, 2.75) is 10.2 Å². The van der Waals surface area contributed by atoms with Crippen molar-refractivity contribution in [3.05, 3.63) is 29.6 Å². The smallest absolute Gasteiger partial charge is 0.227 e. The van der Waals surface area contributed by atoms with Crippen molar-refractivity contribution in [3.63, 3.8) is 0 Å². The van der Waals surface area contributed by atoms with Crippen molar-refractivity contribution in [1.29, 1.82) is 5.26 Å².